The van der Waals surface area contributed by atoms with Crippen molar-refractivity contribution in [3.63, 3.8) is 0 Å². The maximum absolute atomic E-state index is 12.1. The van der Waals surface area contributed by atoms with Crippen LogP contribution in [0.2, 0.25) is 0 Å². The monoisotopic (exact) mass is 261 g/mol. The van der Waals surface area contributed by atoms with Crippen LogP contribution in [0.1, 0.15) is 30.0 Å². The quantitative estimate of drug-likeness (QED) is 0.830. The van der Waals surface area contributed by atoms with Crippen LogP contribution in [0, 0.1) is 6.92 Å². The zero-order valence-electron chi connectivity index (χ0n) is 12.1. The molecule has 0 bridgehead atoms. The standard InChI is InChI=1S/C15H23N3O/c1-12-9-13(6-7-16-12)14-5-4-8-18(10-14)15(19)11-17(2)3/h6-7,9,14H,4-5,8,10-11H2,1-3H3/t14-/m1/s1. The second-order valence-electron chi connectivity index (χ2n) is 5.65. The first-order valence-corrected chi connectivity index (χ1v) is 6.91. The van der Waals surface area contributed by atoms with Gasteiger partial charge in [-0.05, 0) is 51.6 Å². The summed E-state index contributed by atoms with van der Waals surface area (Å²) in [6, 6.07) is 4.22. The van der Waals surface area contributed by atoms with Gasteiger partial charge >= 0.3 is 0 Å². The van der Waals surface area contributed by atoms with Crippen molar-refractivity contribution in [2.24, 2.45) is 0 Å². The summed E-state index contributed by atoms with van der Waals surface area (Å²) in [7, 11) is 3.87. The van der Waals surface area contributed by atoms with Gasteiger partial charge in [-0.3, -0.25) is 9.78 Å². The molecule has 0 N–H and O–H groups in total. The van der Waals surface area contributed by atoms with E-state index in [0.29, 0.717) is 12.5 Å². The molecule has 0 unspecified atom stereocenters. The summed E-state index contributed by atoms with van der Waals surface area (Å²) in [5.41, 5.74) is 2.36. The first kappa shape index (κ1) is 14.0. The predicted octanol–water partition coefficient (Wildman–Crippen LogP) is 1.66. The molecule has 4 heteroatoms. The van der Waals surface area contributed by atoms with Crippen LogP contribution >= 0.6 is 0 Å². The van der Waals surface area contributed by atoms with Gasteiger partial charge in [0.2, 0.25) is 5.91 Å². The molecule has 1 atom stereocenters. The number of piperidine rings is 1. The van der Waals surface area contributed by atoms with E-state index in [9.17, 15) is 4.79 Å². The number of hydrogen-bond donors (Lipinski definition) is 0. The molecule has 1 saturated heterocycles. The number of hydrogen-bond acceptors (Lipinski definition) is 3. The molecule has 104 valence electrons. The average Bonchev–Trinajstić information content (AvgIpc) is 2.38. The summed E-state index contributed by atoms with van der Waals surface area (Å²) < 4.78 is 0. The zero-order chi connectivity index (χ0) is 13.8. The average molecular weight is 261 g/mol. The molecule has 0 radical (unpaired) electrons. The van der Waals surface area contributed by atoms with Gasteiger partial charge in [-0.2, -0.15) is 0 Å². The van der Waals surface area contributed by atoms with Gasteiger partial charge in [0.25, 0.3) is 0 Å². The van der Waals surface area contributed by atoms with Crippen molar-refractivity contribution in [1.82, 2.24) is 14.8 Å². The SMILES string of the molecule is Cc1cc([C@@H]2CCCN(C(=O)CN(C)C)C2)ccn1. The third kappa shape index (κ3) is 3.77. The Bertz CT molecular complexity index is 445. The number of likely N-dealkylation sites (tertiary alicyclic amines) is 1. The van der Waals surface area contributed by atoms with Gasteiger partial charge in [0.1, 0.15) is 0 Å². The number of rotatable bonds is 3. The summed E-state index contributed by atoms with van der Waals surface area (Å²) in [4.78, 5) is 20.3. The fourth-order valence-electron chi connectivity index (χ4n) is 2.67. The molecule has 1 amide bonds. The lowest BCUT2D eigenvalue weighted by Gasteiger charge is -2.33. The van der Waals surface area contributed by atoms with Gasteiger partial charge in [-0.15, -0.1) is 0 Å². The van der Waals surface area contributed by atoms with Crippen molar-refractivity contribution in [1.29, 1.82) is 0 Å². The van der Waals surface area contributed by atoms with Crippen LogP contribution in [-0.2, 0) is 4.79 Å². The fourth-order valence-corrected chi connectivity index (χ4v) is 2.67. The van der Waals surface area contributed by atoms with Crippen LogP contribution in [0.3, 0.4) is 0 Å². The van der Waals surface area contributed by atoms with Crippen LogP contribution < -0.4 is 0 Å². The molecular weight excluding hydrogens is 238 g/mol. The van der Waals surface area contributed by atoms with Crippen molar-refractivity contribution < 1.29 is 4.79 Å². The fraction of sp³-hybridized carbons (Fsp3) is 0.600. The molecule has 2 heterocycles. The van der Waals surface area contributed by atoms with E-state index in [1.54, 1.807) is 0 Å². The first-order chi connectivity index (χ1) is 9.06. The highest BCUT2D eigenvalue weighted by molar-refractivity contribution is 5.78. The predicted molar refractivity (Wildman–Crippen MR) is 76.1 cm³/mol. The highest BCUT2D eigenvalue weighted by atomic mass is 16.2. The van der Waals surface area contributed by atoms with Gasteiger partial charge in [-0.1, -0.05) is 0 Å². The third-order valence-electron chi connectivity index (χ3n) is 3.62. The van der Waals surface area contributed by atoms with Crippen LogP contribution in [0.5, 0.6) is 0 Å². The summed E-state index contributed by atoms with van der Waals surface area (Å²) in [5, 5.41) is 0. The van der Waals surface area contributed by atoms with E-state index in [0.717, 1.165) is 31.6 Å². The van der Waals surface area contributed by atoms with E-state index >= 15 is 0 Å². The van der Waals surface area contributed by atoms with E-state index in [2.05, 4.69) is 17.1 Å². The van der Waals surface area contributed by atoms with E-state index in [4.69, 9.17) is 0 Å². The molecule has 1 fully saturated rings. The molecular formula is C15H23N3O. The topological polar surface area (TPSA) is 36.4 Å². The Morgan fingerprint density at radius 1 is 1.53 bits per heavy atom. The number of likely N-dealkylation sites (N-methyl/N-ethyl adjacent to an activating group) is 1. The van der Waals surface area contributed by atoms with Gasteiger partial charge in [0, 0.05) is 30.9 Å². The number of nitrogens with zero attached hydrogens (tertiary/aromatic N) is 3. The molecule has 2 rings (SSSR count). The van der Waals surface area contributed by atoms with Crippen LogP contribution in [0.15, 0.2) is 18.3 Å². The van der Waals surface area contributed by atoms with Crippen LogP contribution in [-0.4, -0.2) is 54.4 Å². The van der Waals surface area contributed by atoms with Crippen molar-refractivity contribution in [3.8, 4) is 0 Å². The Balaban J connectivity index is 2.03. The number of aryl methyl sites for hydroxylation is 1. The molecule has 1 aromatic heterocycles. The summed E-state index contributed by atoms with van der Waals surface area (Å²) in [6.45, 7) is 4.26. The smallest absolute Gasteiger partial charge is 0.236 e. The molecule has 0 aromatic carbocycles. The van der Waals surface area contributed by atoms with Crippen molar-refractivity contribution in [2.75, 3.05) is 33.7 Å². The number of carbonyl (C=O) groups excluding carboxylic acids is 1. The van der Waals surface area contributed by atoms with E-state index in [1.807, 2.05) is 37.0 Å². The number of aromatic nitrogens is 1. The van der Waals surface area contributed by atoms with Gasteiger partial charge in [0.15, 0.2) is 0 Å². The molecule has 1 aliphatic rings. The Kier molecular flexibility index (Phi) is 4.53. The number of carbonyl (C=O) groups is 1. The molecule has 4 nitrogen and oxygen atoms in total. The number of amides is 1. The molecule has 1 aliphatic heterocycles. The highest BCUT2D eigenvalue weighted by Crippen LogP contribution is 2.26. The molecule has 19 heavy (non-hydrogen) atoms. The zero-order valence-corrected chi connectivity index (χ0v) is 12.1. The van der Waals surface area contributed by atoms with E-state index in [-0.39, 0.29) is 5.91 Å². The van der Waals surface area contributed by atoms with Gasteiger partial charge in [-0.25, -0.2) is 0 Å². The second-order valence-corrected chi connectivity index (χ2v) is 5.65. The Morgan fingerprint density at radius 3 is 3.00 bits per heavy atom. The lowest BCUT2D eigenvalue weighted by Crippen LogP contribution is -2.43. The highest BCUT2D eigenvalue weighted by Gasteiger charge is 2.24. The van der Waals surface area contributed by atoms with E-state index in [1.165, 1.54) is 5.56 Å². The Hall–Kier alpha value is -1.42. The first-order valence-electron chi connectivity index (χ1n) is 6.91. The van der Waals surface area contributed by atoms with Crippen LogP contribution in [0.25, 0.3) is 0 Å². The lowest BCUT2D eigenvalue weighted by molar-refractivity contribution is -0.133. The Morgan fingerprint density at radius 2 is 2.32 bits per heavy atom. The van der Waals surface area contributed by atoms with Crippen molar-refractivity contribution in [3.05, 3.63) is 29.6 Å². The maximum atomic E-state index is 12.1. The van der Waals surface area contributed by atoms with Crippen LogP contribution in [0.4, 0.5) is 0 Å². The summed E-state index contributed by atoms with van der Waals surface area (Å²) >= 11 is 0. The second kappa shape index (κ2) is 6.15. The third-order valence-corrected chi connectivity index (χ3v) is 3.62. The Labute approximate surface area is 115 Å². The molecule has 0 saturated carbocycles. The number of pyridine rings is 1. The van der Waals surface area contributed by atoms with Crippen molar-refractivity contribution >= 4 is 5.91 Å². The minimum absolute atomic E-state index is 0.237. The maximum Gasteiger partial charge on any atom is 0.236 e. The van der Waals surface area contributed by atoms with E-state index < -0.39 is 0 Å². The molecule has 0 aliphatic carbocycles. The summed E-state index contributed by atoms with van der Waals surface area (Å²) in [5.74, 6) is 0.696. The van der Waals surface area contributed by atoms with Gasteiger partial charge < -0.3 is 9.80 Å². The largest absolute Gasteiger partial charge is 0.341 e. The summed E-state index contributed by atoms with van der Waals surface area (Å²) in [6.07, 6.45) is 4.12. The van der Waals surface area contributed by atoms with Crippen molar-refractivity contribution in [2.45, 2.75) is 25.7 Å². The minimum atomic E-state index is 0.237. The molecule has 0 spiro atoms. The molecule has 1 aromatic rings. The normalized spacial score (nSPS) is 19.8. The lowest BCUT2D eigenvalue weighted by atomic mass is 9.91. The minimum Gasteiger partial charge on any atom is -0.341 e. The van der Waals surface area contributed by atoms with Gasteiger partial charge in [0.05, 0.1) is 6.54 Å².